The van der Waals surface area contributed by atoms with Crippen molar-refractivity contribution in [3.05, 3.63) is 11.3 Å². The van der Waals surface area contributed by atoms with Crippen LogP contribution in [0.3, 0.4) is 0 Å². The van der Waals surface area contributed by atoms with Crippen molar-refractivity contribution in [2.45, 2.75) is 72.8 Å². The van der Waals surface area contributed by atoms with E-state index >= 15 is 0 Å². The van der Waals surface area contributed by atoms with E-state index in [1.165, 1.54) is 0 Å². The van der Waals surface area contributed by atoms with Gasteiger partial charge in [-0.3, -0.25) is 4.79 Å². The van der Waals surface area contributed by atoms with Gasteiger partial charge in [-0.15, -0.1) is 0 Å². The van der Waals surface area contributed by atoms with Crippen LogP contribution in [0, 0.1) is 23.2 Å². The summed E-state index contributed by atoms with van der Waals surface area (Å²) in [6.07, 6.45) is 3.48. The van der Waals surface area contributed by atoms with Crippen LogP contribution in [-0.2, 0) is 14.3 Å². The quantitative estimate of drug-likeness (QED) is 0.366. The molecule has 4 nitrogen and oxygen atoms in total. The van der Waals surface area contributed by atoms with Crippen LogP contribution < -0.4 is 0 Å². The monoisotopic (exact) mass is 322 g/mol. The van der Waals surface area contributed by atoms with Crippen molar-refractivity contribution in [3.63, 3.8) is 0 Å². The maximum absolute atomic E-state index is 12.4. The highest BCUT2D eigenvalue weighted by Crippen LogP contribution is 2.42. The molecule has 1 heterocycles. The minimum Gasteiger partial charge on any atom is -0.511 e. The van der Waals surface area contributed by atoms with Gasteiger partial charge in [-0.05, 0) is 49.4 Å². The molecular formula is C19H30O4. The standard InChI is InChI=1S/C19H30O4/c1-11(2)10-14-17(21)15(18(22)23-14)16(20)12-6-8-13(9-7-12)19(3,4)5/h11-14,20H,6-10H2,1-5H3. The van der Waals surface area contributed by atoms with Gasteiger partial charge in [-0.1, -0.05) is 34.6 Å². The van der Waals surface area contributed by atoms with E-state index in [1.54, 1.807) is 0 Å². The van der Waals surface area contributed by atoms with Crippen LogP contribution in [0.15, 0.2) is 11.3 Å². The van der Waals surface area contributed by atoms with E-state index in [9.17, 15) is 14.7 Å². The van der Waals surface area contributed by atoms with Crippen LogP contribution in [0.25, 0.3) is 0 Å². The molecule has 1 atom stereocenters. The summed E-state index contributed by atoms with van der Waals surface area (Å²) in [6.45, 7) is 10.7. The van der Waals surface area contributed by atoms with Gasteiger partial charge in [0.2, 0.25) is 5.78 Å². The SMILES string of the molecule is CC(C)CC1OC(=O)C(=C(O)C2CCC(C(C)(C)C)CC2)C1=O. The number of hydrogen-bond acceptors (Lipinski definition) is 4. The van der Waals surface area contributed by atoms with Crippen molar-refractivity contribution in [2.75, 3.05) is 0 Å². The first-order valence-corrected chi connectivity index (χ1v) is 8.79. The Hall–Kier alpha value is -1.32. The van der Waals surface area contributed by atoms with Gasteiger partial charge in [-0.2, -0.15) is 0 Å². The summed E-state index contributed by atoms with van der Waals surface area (Å²) >= 11 is 0. The molecule has 0 amide bonds. The van der Waals surface area contributed by atoms with Crippen molar-refractivity contribution >= 4 is 11.8 Å². The van der Waals surface area contributed by atoms with E-state index in [0.717, 1.165) is 25.7 Å². The number of carbonyl (C=O) groups excluding carboxylic acids is 2. The summed E-state index contributed by atoms with van der Waals surface area (Å²) in [4.78, 5) is 24.4. The lowest BCUT2D eigenvalue weighted by molar-refractivity contribution is -0.141. The number of ether oxygens (including phenoxy) is 1. The van der Waals surface area contributed by atoms with Gasteiger partial charge in [0.1, 0.15) is 11.3 Å². The Morgan fingerprint density at radius 2 is 1.74 bits per heavy atom. The number of aliphatic hydroxyl groups excluding tert-OH is 1. The number of rotatable bonds is 3. The third-order valence-corrected chi connectivity index (χ3v) is 5.27. The average molecular weight is 322 g/mol. The van der Waals surface area contributed by atoms with E-state index in [-0.39, 0.29) is 34.4 Å². The lowest BCUT2D eigenvalue weighted by Gasteiger charge is -2.36. The minimum atomic E-state index is -0.717. The van der Waals surface area contributed by atoms with Crippen molar-refractivity contribution in [1.29, 1.82) is 0 Å². The lowest BCUT2D eigenvalue weighted by Crippen LogP contribution is -2.27. The van der Waals surface area contributed by atoms with E-state index < -0.39 is 12.1 Å². The molecule has 1 aliphatic heterocycles. The lowest BCUT2D eigenvalue weighted by atomic mass is 9.69. The first kappa shape index (κ1) is 18.0. The first-order chi connectivity index (χ1) is 10.6. The molecule has 0 spiro atoms. The van der Waals surface area contributed by atoms with Gasteiger partial charge in [0, 0.05) is 5.92 Å². The second-order valence-corrected chi connectivity index (χ2v) is 8.56. The average Bonchev–Trinajstić information content (AvgIpc) is 2.71. The van der Waals surface area contributed by atoms with Gasteiger partial charge in [0.25, 0.3) is 0 Å². The number of esters is 1. The van der Waals surface area contributed by atoms with Gasteiger partial charge >= 0.3 is 5.97 Å². The maximum Gasteiger partial charge on any atom is 0.346 e. The fourth-order valence-corrected chi connectivity index (χ4v) is 3.75. The molecule has 1 saturated heterocycles. The van der Waals surface area contributed by atoms with Crippen LogP contribution in [0.2, 0.25) is 0 Å². The summed E-state index contributed by atoms with van der Waals surface area (Å²) in [5, 5.41) is 10.5. The molecule has 0 aromatic heterocycles. The Balaban J connectivity index is 2.10. The normalized spacial score (nSPS) is 31.5. The van der Waals surface area contributed by atoms with Crippen LogP contribution in [0.5, 0.6) is 0 Å². The third kappa shape index (κ3) is 3.96. The zero-order valence-corrected chi connectivity index (χ0v) is 15.0. The molecule has 2 aliphatic rings. The summed E-state index contributed by atoms with van der Waals surface area (Å²) in [5.41, 5.74) is 0.174. The molecule has 23 heavy (non-hydrogen) atoms. The third-order valence-electron chi connectivity index (χ3n) is 5.27. The number of cyclic esters (lactones) is 1. The highest BCUT2D eigenvalue weighted by molar-refractivity contribution is 6.23. The first-order valence-electron chi connectivity index (χ1n) is 8.79. The molecule has 1 saturated carbocycles. The molecule has 0 aromatic rings. The van der Waals surface area contributed by atoms with E-state index in [0.29, 0.717) is 12.3 Å². The molecule has 2 rings (SSSR count). The van der Waals surface area contributed by atoms with E-state index in [4.69, 9.17) is 4.74 Å². The fourth-order valence-electron chi connectivity index (χ4n) is 3.75. The predicted octanol–water partition coefficient (Wildman–Crippen LogP) is 4.19. The van der Waals surface area contributed by atoms with E-state index in [2.05, 4.69) is 20.8 Å². The number of allylic oxidation sites excluding steroid dienone is 1. The smallest absolute Gasteiger partial charge is 0.346 e. The molecule has 130 valence electrons. The number of carbonyl (C=O) groups is 2. The molecule has 0 radical (unpaired) electrons. The fraction of sp³-hybridized carbons (Fsp3) is 0.789. The second kappa shape index (κ2) is 6.66. The molecule has 1 N–H and O–H groups in total. The number of hydrogen-bond donors (Lipinski definition) is 1. The topological polar surface area (TPSA) is 63.6 Å². The molecule has 1 aliphatic carbocycles. The molecule has 0 bridgehead atoms. The summed E-state index contributed by atoms with van der Waals surface area (Å²) < 4.78 is 5.18. The van der Waals surface area contributed by atoms with E-state index in [1.807, 2.05) is 13.8 Å². The Morgan fingerprint density at radius 3 is 2.22 bits per heavy atom. The molecular weight excluding hydrogens is 292 g/mol. The summed E-state index contributed by atoms with van der Waals surface area (Å²) in [7, 11) is 0. The Morgan fingerprint density at radius 1 is 1.17 bits per heavy atom. The van der Waals surface area contributed by atoms with Crippen LogP contribution in [-0.4, -0.2) is 23.0 Å². The van der Waals surface area contributed by atoms with Crippen molar-refractivity contribution in [2.24, 2.45) is 23.2 Å². The van der Waals surface area contributed by atoms with Gasteiger partial charge < -0.3 is 9.84 Å². The Bertz CT molecular complexity index is 502. The second-order valence-electron chi connectivity index (χ2n) is 8.56. The number of aliphatic hydroxyl groups is 1. The molecule has 0 aromatic carbocycles. The van der Waals surface area contributed by atoms with Crippen molar-refractivity contribution in [1.82, 2.24) is 0 Å². The molecule has 4 heteroatoms. The van der Waals surface area contributed by atoms with Crippen molar-refractivity contribution < 1.29 is 19.4 Å². The van der Waals surface area contributed by atoms with Gasteiger partial charge in [-0.25, -0.2) is 4.79 Å². The maximum atomic E-state index is 12.4. The highest BCUT2D eigenvalue weighted by Gasteiger charge is 2.43. The van der Waals surface area contributed by atoms with Crippen LogP contribution in [0.4, 0.5) is 0 Å². The predicted molar refractivity (Wildman–Crippen MR) is 88.9 cm³/mol. The van der Waals surface area contributed by atoms with Crippen molar-refractivity contribution in [3.8, 4) is 0 Å². The Labute approximate surface area is 139 Å². The number of ketones is 1. The van der Waals surface area contributed by atoms with Crippen LogP contribution in [0.1, 0.15) is 66.7 Å². The zero-order chi connectivity index (χ0) is 17.4. The van der Waals surface area contributed by atoms with Crippen LogP contribution >= 0.6 is 0 Å². The van der Waals surface area contributed by atoms with Gasteiger partial charge in [0.15, 0.2) is 6.10 Å². The molecule has 2 fully saturated rings. The summed E-state index contributed by atoms with van der Waals surface area (Å²) in [6, 6.07) is 0. The largest absolute Gasteiger partial charge is 0.511 e. The minimum absolute atomic E-state index is 0.0291. The molecule has 1 unspecified atom stereocenters. The van der Waals surface area contributed by atoms with Gasteiger partial charge in [0.05, 0.1) is 0 Å². The Kier molecular flexibility index (Phi) is 5.22. The zero-order valence-electron chi connectivity index (χ0n) is 15.0. The number of Topliss-reactive ketones (excluding diaryl/α,β-unsaturated/α-hetero) is 1. The highest BCUT2D eigenvalue weighted by atomic mass is 16.6. The summed E-state index contributed by atoms with van der Waals surface area (Å²) in [5.74, 6) is -0.205.